The zero-order valence-corrected chi connectivity index (χ0v) is 12.9. The number of nitriles is 1. The molecule has 0 heterocycles. The van der Waals surface area contributed by atoms with Crippen molar-refractivity contribution in [2.75, 3.05) is 11.9 Å². The molecule has 2 N–H and O–H groups in total. The van der Waals surface area contributed by atoms with E-state index in [9.17, 15) is 4.79 Å². The fourth-order valence-corrected chi connectivity index (χ4v) is 2.99. The maximum atomic E-state index is 12.2. The van der Waals surface area contributed by atoms with Gasteiger partial charge in [0, 0.05) is 5.69 Å². The fraction of sp³-hybridized carbons (Fsp3) is 0.263. The zero-order chi connectivity index (χ0) is 16.1. The molecule has 2 aromatic carbocycles. The molecule has 4 nitrogen and oxygen atoms in total. The first kappa shape index (κ1) is 15.1. The van der Waals surface area contributed by atoms with Crippen LogP contribution in [0, 0.1) is 11.3 Å². The van der Waals surface area contributed by atoms with E-state index in [1.54, 1.807) is 12.1 Å². The molecule has 1 aliphatic carbocycles. The molecule has 1 amide bonds. The van der Waals surface area contributed by atoms with E-state index in [1.165, 1.54) is 11.1 Å². The van der Waals surface area contributed by atoms with E-state index >= 15 is 0 Å². The lowest BCUT2D eigenvalue weighted by Crippen LogP contribution is -2.35. The number of anilines is 1. The van der Waals surface area contributed by atoms with Gasteiger partial charge in [-0.05, 0) is 54.7 Å². The number of nitrogens with zero attached hydrogens (tertiary/aromatic N) is 1. The minimum absolute atomic E-state index is 0.0175. The zero-order valence-electron chi connectivity index (χ0n) is 12.9. The molecule has 3 rings (SSSR count). The first-order valence-corrected chi connectivity index (χ1v) is 7.87. The van der Waals surface area contributed by atoms with Gasteiger partial charge in [0.05, 0.1) is 24.2 Å². The van der Waals surface area contributed by atoms with Gasteiger partial charge in [-0.15, -0.1) is 0 Å². The predicted molar refractivity (Wildman–Crippen MR) is 89.9 cm³/mol. The highest BCUT2D eigenvalue weighted by atomic mass is 16.1. The Morgan fingerprint density at radius 3 is 2.74 bits per heavy atom. The minimum atomic E-state index is -0.0175. The maximum Gasteiger partial charge on any atom is 0.239 e. The molecule has 0 spiro atoms. The van der Waals surface area contributed by atoms with Gasteiger partial charge >= 0.3 is 0 Å². The van der Waals surface area contributed by atoms with Crippen LogP contribution in [0.2, 0.25) is 0 Å². The van der Waals surface area contributed by atoms with Gasteiger partial charge in [0.1, 0.15) is 0 Å². The molecule has 1 aliphatic rings. The predicted octanol–water partition coefficient (Wildman–Crippen LogP) is 3.16. The van der Waals surface area contributed by atoms with Crippen LogP contribution in [0.5, 0.6) is 0 Å². The number of hydrogen-bond donors (Lipinski definition) is 2. The molecule has 0 saturated heterocycles. The van der Waals surface area contributed by atoms with E-state index in [0.29, 0.717) is 5.56 Å². The first-order valence-electron chi connectivity index (χ1n) is 7.87. The van der Waals surface area contributed by atoms with Crippen molar-refractivity contribution in [1.82, 2.24) is 5.32 Å². The summed E-state index contributed by atoms with van der Waals surface area (Å²) >= 11 is 0. The third-order valence-corrected chi connectivity index (χ3v) is 4.17. The molecule has 116 valence electrons. The molecule has 1 unspecified atom stereocenters. The molecule has 0 aliphatic heterocycles. The number of rotatable bonds is 4. The summed E-state index contributed by atoms with van der Waals surface area (Å²) in [5.74, 6) is -0.0175. The van der Waals surface area contributed by atoms with Crippen LogP contribution in [0.15, 0.2) is 48.5 Å². The van der Waals surface area contributed by atoms with Crippen LogP contribution in [0.3, 0.4) is 0 Å². The number of hydrogen-bond acceptors (Lipinski definition) is 3. The van der Waals surface area contributed by atoms with Crippen molar-refractivity contribution >= 4 is 11.6 Å². The summed E-state index contributed by atoms with van der Waals surface area (Å²) < 4.78 is 0. The van der Waals surface area contributed by atoms with Crippen LogP contribution in [-0.4, -0.2) is 12.5 Å². The van der Waals surface area contributed by atoms with Crippen LogP contribution in [-0.2, 0) is 11.2 Å². The quantitative estimate of drug-likeness (QED) is 0.912. The van der Waals surface area contributed by atoms with E-state index in [0.717, 1.165) is 24.9 Å². The Bertz CT molecular complexity index is 731. The second kappa shape index (κ2) is 6.97. The standard InChI is InChI=1S/C19H19N3O/c20-12-14-8-10-16(11-9-14)21-13-19(23)22-18-7-3-5-15-4-1-2-6-17(15)18/h1-2,4,6,8-11,18,21H,3,5,7,13H2,(H,22,23). The van der Waals surface area contributed by atoms with E-state index in [4.69, 9.17) is 5.26 Å². The summed E-state index contributed by atoms with van der Waals surface area (Å²) in [6.07, 6.45) is 3.18. The van der Waals surface area contributed by atoms with Gasteiger partial charge < -0.3 is 10.6 Å². The van der Waals surface area contributed by atoms with Gasteiger partial charge in [-0.25, -0.2) is 0 Å². The molecule has 0 fully saturated rings. The largest absolute Gasteiger partial charge is 0.376 e. The Hall–Kier alpha value is -2.80. The highest BCUT2D eigenvalue weighted by Gasteiger charge is 2.20. The van der Waals surface area contributed by atoms with Crippen LogP contribution < -0.4 is 10.6 Å². The topological polar surface area (TPSA) is 64.9 Å². The average Bonchev–Trinajstić information content (AvgIpc) is 2.61. The Labute approximate surface area is 136 Å². The summed E-state index contributed by atoms with van der Waals surface area (Å²) in [5.41, 5.74) is 4.02. The molecule has 0 aromatic heterocycles. The van der Waals surface area contributed by atoms with Crippen molar-refractivity contribution in [2.45, 2.75) is 25.3 Å². The van der Waals surface area contributed by atoms with Crippen LogP contribution >= 0.6 is 0 Å². The number of aryl methyl sites for hydroxylation is 1. The van der Waals surface area contributed by atoms with Crippen LogP contribution in [0.1, 0.15) is 35.6 Å². The third-order valence-electron chi connectivity index (χ3n) is 4.17. The molecule has 0 saturated carbocycles. The fourth-order valence-electron chi connectivity index (χ4n) is 2.99. The molecule has 0 bridgehead atoms. The summed E-state index contributed by atoms with van der Waals surface area (Å²) in [5, 5.41) is 15.0. The van der Waals surface area contributed by atoms with E-state index in [1.807, 2.05) is 18.2 Å². The van der Waals surface area contributed by atoms with E-state index in [2.05, 4.69) is 34.9 Å². The molecule has 2 aromatic rings. The summed E-state index contributed by atoms with van der Waals surface area (Å²) in [7, 11) is 0. The van der Waals surface area contributed by atoms with Gasteiger partial charge in [0.15, 0.2) is 0 Å². The molecule has 0 radical (unpaired) electrons. The number of benzene rings is 2. The lowest BCUT2D eigenvalue weighted by Gasteiger charge is -2.26. The van der Waals surface area contributed by atoms with Gasteiger partial charge in [-0.2, -0.15) is 5.26 Å². The second-order valence-corrected chi connectivity index (χ2v) is 5.75. The first-order chi connectivity index (χ1) is 11.3. The maximum absolute atomic E-state index is 12.2. The van der Waals surface area contributed by atoms with Gasteiger partial charge in [0.25, 0.3) is 0 Å². The van der Waals surface area contributed by atoms with Crippen LogP contribution in [0.4, 0.5) is 5.69 Å². The highest BCUT2D eigenvalue weighted by molar-refractivity contribution is 5.81. The Morgan fingerprint density at radius 2 is 1.96 bits per heavy atom. The Balaban J connectivity index is 1.57. The molecule has 4 heteroatoms. The lowest BCUT2D eigenvalue weighted by molar-refractivity contribution is -0.120. The summed E-state index contributed by atoms with van der Waals surface area (Å²) in [6, 6.07) is 17.6. The summed E-state index contributed by atoms with van der Waals surface area (Å²) in [6.45, 7) is 0.227. The molecular formula is C19H19N3O. The van der Waals surface area contributed by atoms with E-state index in [-0.39, 0.29) is 18.5 Å². The average molecular weight is 305 g/mol. The number of nitrogens with one attached hydrogen (secondary N) is 2. The number of carbonyl (C=O) groups is 1. The van der Waals surface area contributed by atoms with Crippen molar-refractivity contribution in [2.24, 2.45) is 0 Å². The lowest BCUT2D eigenvalue weighted by atomic mass is 9.88. The van der Waals surface area contributed by atoms with Gasteiger partial charge in [0.2, 0.25) is 5.91 Å². The minimum Gasteiger partial charge on any atom is -0.376 e. The van der Waals surface area contributed by atoms with Crippen molar-refractivity contribution in [3.8, 4) is 6.07 Å². The van der Waals surface area contributed by atoms with Crippen molar-refractivity contribution in [3.63, 3.8) is 0 Å². The van der Waals surface area contributed by atoms with Gasteiger partial charge in [-0.3, -0.25) is 4.79 Å². The van der Waals surface area contributed by atoms with Gasteiger partial charge in [-0.1, -0.05) is 24.3 Å². The summed E-state index contributed by atoms with van der Waals surface area (Å²) in [4.78, 5) is 12.2. The second-order valence-electron chi connectivity index (χ2n) is 5.75. The number of amides is 1. The van der Waals surface area contributed by atoms with Crippen molar-refractivity contribution in [3.05, 3.63) is 65.2 Å². The Morgan fingerprint density at radius 1 is 1.17 bits per heavy atom. The monoisotopic (exact) mass is 305 g/mol. The SMILES string of the molecule is N#Cc1ccc(NCC(=O)NC2CCCc3ccccc32)cc1. The molecule has 1 atom stereocenters. The number of carbonyl (C=O) groups excluding carboxylic acids is 1. The normalized spacial score (nSPS) is 16.0. The highest BCUT2D eigenvalue weighted by Crippen LogP contribution is 2.29. The van der Waals surface area contributed by atoms with Crippen molar-refractivity contribution < 1.29 is 4.79 Å². The van der Waals surface area contributed by atoms with Crippen LogP contribution in [0.25, 0.3) is 0 Å². The number of fused-ring (bicyclic) bond motifs is 1. The van der Waals surface area contributed by atoms with Crippen molar-refractivity contribution in [1.29, 1.82) is 5.26 Å². The Kier molecular flexibility index (Phi) is 4.58. The third kappa shape index (κ3) is 3.70. The van der Waals surface area contributed by atoms with E-state index < -0.39 is 0 Å². The molecular weight excluding hydrogens is 286 g/mol. The smallest absolute Gasteiger partial charge is 0.239 e. The molecule has 23 heavy (non-hydrogen) atoms.